The van der Waals surface area contributed by atoms with Gasteiger partial charge in [0.15, 0.2) is 0 Å². The van der Waals surface area contributed by atoms with Crippen LogP contribution in [0.3, 0.4) is 0 Å². The minimum atomic E-state index is 0.349. The molecule has 18 heavy (non-hydrogen) atoms. The summed E-state index contributed by atoms with van der Waals surface area (Å²) in [5.41, 5.74) is 3.80. The number of hydrogen-bond donors (Lipinski definition) is 1. The smallest absolute Gasteiger partial charge is 0.0537 e. The van der Waals surface area contributed by atoms with E-state index >= 15 is 0 Å². The molecule has 2 aromatic rings. The topological polar surface area (TPSA) is 29.9 Å². The zero-order chi connectivity index (χ0) is 13.1. The highest BCUT2D eigenvalue weighted by Gasteiger charge is 2.07. The van der Waals surface area contributed by atoms with Gasteiger partial charge in [-0.3, -0.25) is 4.68 Å². The van der Waals surface area contributed by atoms with Crippen LogP contribution in [-0.4, -0.2) is 9.78 Å². The van der Waals surface area contributed by atoms with Crippen LogP contribution in [-0.2, 0) is 13.6 Å². The molecule has 1 aromatic heterocycles. The van der Waals surface area contributed by atoms with E-state index in [1.54, 1.807) is 0 Å². The van der Waals surface area contributed by atoms with Crippen LogP contribution in [0.5, 0.6) is 0 Å². The van der Waals surface area contributed by atoms with Gasteiger partial charge in [-0.1, -0.05) is 12.1 Å². The van der Waals surface area contributed by atoms with Crippen molar-refractivity contribution in [1.29, 1.82) is 0 Å². The Hall–Kier alpha value is -0.880. The SMILES string of the molecule is Cc1c(CNC(C)c2ccc(I)cc2)cnn1C. The lowest BCUT2D eigenvalue weighted by atomic mass is 10.1. The summed E-state index contributed by atoms with van der Waals surface area (Å²) in [7, 11) is 1.97. The normalized spacial score (nSPS) is 12.7. The van der Waals surface area contributed by atoms with Gasteiger partial charge in [-0.15, -0.1) is 0 Å². The monoisotopic (exact) mass is 355 g/mol. The number of rotatable bonds is 4. The van der Waals surface area contributed by atoms with Crippen molar-refractivity contribution in [2.45, 2.75) is 26.4 Å². The summed E-state index contributed by atoms with van der Waals surface area (Å²) < 4.78 is 3.18. The molecule has 3 nitrogen and oxygen atoms in total. The van der Waals surface area contributed by atoms with Gasteiger partial charge < -0.3 is 5.32 Å². The van der Waals surface area contributed by atoms with Gasteiger partial charge in [-0.05, 0) is 54.1 Å². The van der Waals surface area contributed by atoms with Crippen molar-refractivity contribution in [1.82, 2.24) is 15.1 Å². The van der Waals surface area contributed by atoms with Gasteiger partial charge in [0, 0.05) is 34.5 Å². The Morgan fingerprint density at radius 3 is 2.56 bits per heavy atom. The standard InChI is InChI=1S/C14H18IN3/c1-10(12-4-6-14(15)7-5-12)16-8-13-9-17-18(3)11(13)2/h4-7,9-10,16H,8H2,1-3H3. The second kappa shape index (κ2) is 5.84. The maximum absolute atomic E-state index is 4.25. The Morgan fingerprint density at radius 2 is 2.00 bits per heavy atom. The van der Waals surface area contributed by atoms with Crippen molar-refractivity contribution in [3.05, 3.63) is 50.9 Å². The van der Waals surface area contributed by atoms with E-state index in [0.717, 1.165) is 6.54 Å². The average Bonchev–Trinajstić information content (AvgIpc) is 2.68. The van der Waals surface area contributed by atoms with Crippen molar-refractivity contribution in [3.63, 3.8) is 0 Å². The Morgan fingerprint density at radius 1 is 1.33 bits per heavy atom. The van der Waals surface area contributed by atoms with E-state index in [9.17, 15) is 0 Å². The molecule has 96 valence electrons. The third-order valence-corrected chi connectivity index (χ3v) is 4.02. The van der Waals surface area contributed by atoms with Crippen LogP contribution in [0.4, 0.5) is 0 Å². The molecule has 0 saturated heterocycles. The number of halogens is 1. The van der Waals surface area contributed by atoms with Gasteiger partial charge in [0.1, 0.15) is 0 Å². The molecule has 1 heterocycles. The first-order chi connectivity index (χ1) is 8.58. The summed E-state index contributed by atoms with van der Waals surface area (Å²) >= 11 is 2.33. The summed E-state index contributed by atoms with van der Waals surface area (Å²) in [5, 5.41) is 7.79. The second-order valence-electron chi connectivity index (χ2n) is 4.53. The molecule has 2 rings (SSSR count). The number of nitrogens with zero attached hydrogens (tertiary/aromatic N) is 2. The number of aromatic nitrogens is 2. The molecule has 1 atom stereocenters. The van der Waals surface area contributed by atoms with E-state index in [1.165, 1.54) is 20.4 Å². The van der Waals surface area contributed by atoms with Gasteiger partial charge in [0.2, 0.25) is 0 Å². The molecule has 0 amide bonds. The first kappa shape index (κ1) is 13.5. The first-order valence-corrected chi connectivity index (χ1v) is 7.12. The van der Waals surface area contributed by atoms with E-state index in [1.807, 2.05) is 17.9 Å². The lowest BCUT2D eigenvalue weighted by Gasteiger charge is -2.14. The Kier molecular flexibility index (Phi) is 4.40. The predicted molar refractivity (Wildman–Crippen MR) is 82.4 cm³/mol. The highest BCUT2D eigenvalue weighted by atomic mass is 127. The lowest BCUT2D eigenvalue weighted by molar-refractivity contribution is 0.572. The molecule has 0 spiro atoms. The second-order valence-corrected chi connectivity index (χ2v) is 5.78. The van der Waals surface area contributed by atoms with Crippen molar-refractivity contribution in [3.8, 4) is 0 Å². The van der Waals surface area contributed by atoms with E-state index in [-0.39, 0.29) is 0 Å². The fraction of sp³-hybridized carbons (Fsp3) is 0.357. The fourth-order valence-corrected chi connectivity index (χ4v) is 2.21. The Balaban J connectivity index is 1.98. The maximum atomic E-state index is 4.25. The molecule has 0 saturated carbocycles. The maximum Gasteiger partial charge on any atom is 0.0537 e. The van der Waals surface area contributed by atoms with E-state index in [4.69, 9.17) is 0 Å². The van der Waals surface area contributed by atoms with Gasteiger partial charge in [-0.2, -0.15) is 5.10 Å². The molecule has 1 N–H and O–H groups in total. The molecular weight excluding hydrogens is 337 g/mol. The quantitative estimate of drug-likeness (QED) is 0.854. The number of hydrogen-bond acceptors (Lipinski definition) is 2. The molecule has 0 radical (unpaired) electrons. The molecule has 0 aliphatic carbocycles. The fourth-order valence-electron chi connectivity index (χ4n) is 1.85. The highest BCUT2D eigenvalue weighted by Crippen LogP contribution is 2.15. The van der Waals surface area contributed by atoms with Gasteiger partial charge in [-0.25, -0.2) is 0 Å². The van der Waals surface area contributed by atoms with Crippen LogP contribution in [0.2, 0.25) is 0 Å². The van der Waals surface area contributed by atoms with Gasteiger partial charge in [0.05, 0.1) is 6.20 Å². The minimum Gasteiger partial charge on any atom is -0.306 e. The molecular formula is C14H18IN3. The van der Waals surface area contributed by atoms with Crippen LogP contribution in [0, 0.1) is 10.5 Å². The summed E-state index contributed by atoms with van der Waals surface area (Å²) in [5.74, 6) is 0. The lowest BCUT2D eigenvalue weighted by Crippen LogP contribution is -2.18. The molecule has 0 aliphatic rings. The van der Waals surface area contributed by atoms with Crippen LogP contribution in [0.1, 0.15) is 29.8 Å². The molecule has 1 unspecified atom stereocenters. The number of benzene rings is 1. The van der Waals surface area contributed by atoms with Crippen molar-refractivity contribution in [2.24, 2.45) is 7.05 Å². The summed E-state index contributed by atoms with van der Waals surface area (Å²) in [6, 6.07) is 8.99. The minimum absolute atomic E-state index is 0.349. The third kappa shape index (κ3) is 3.11. The predicted octanol–water partition coefficient (Wildman–Crippen LogP) is 3.18. The molecule has 0 aliphatic heterocycles. The summed E-state index contributed by atoms with van der Waals surface area (Å²) in [6.07, 6.45) is 1.93. The van der Waals surface area contributed by atoms with Crippen LogP contribution in [0.15, 0.2) is 30.5 Å². The van der Waals surface area contributed by atoms with Crippen LogP contribution in [0.25, 0.3) is 0 Å². The van der Waals surface area contributed by atoms with E-state index in [2.05, 4.69) is 71.1 Å². The van der Waals surface area contributed by atoms with Crippen LogP contribution >= 0.6 is 22.6 Å². The zero-order valence-corrected chi connectivity index (χ0v) is 13.1. The van der Waals surface area contributed by atoms with Gasteiger partial charge >= 0.3 is 0 Å². The molecule has 4 heteroatoms. The average molecular weight is 355 g/mol. The first-order valence-electron chi connectivity index (χ1n) is 6.04. The van der Waals surface area contributed by atoms with Crippen molar-refractivity contribution in [2.75, 3.05) is 0 Å². The van der Waals surface area contributed by atoms with Crippen molar-refractivity contribution < 1.29 is 0 Å². The number of nitrogens with one attached hydrogen (secondary N) is 1. The van der Waals surface area contributed by atoms with E-state index in [0.29, 0.717) is 6.04 Å². The summed E-state index contributed by atoms with van der Waals surface area (Å²) in [4.78, 5) is 0. The Bertz CT molecular complexity index is 516. The zero-order valence-electron chi connectivity index (χ0n) is 10.9. The molecule has 1 aromatic carbocycles. The molecule has 0 fully saturated rings. The summed E-state index contributed by atoms with van der Waals surface area (Å²) in [6.45, 7) is 5.14. The van der Waals surface area contributed by atoms with Gasteiger partial charge in [0.25, 0.3) is 0 Å². The van der Waals surface area contributed by atoms with Crippen LogP contribution < -0.4 is 5.32 Å². The third-order valence-electron chi connectivity index (χ3n) is 3.31. The number of aryl methyl sites for hydroxylation is 1. The van der Waals surface area contributed by atoms with E-state index < -0.39 is 0 Å². The van der Waals surface area contributed by atoms with Crippen molar-refractivity contribution >= 4 is 22.6 Å². The molecule has 0 bridgehead atoms. The largest absolute Gasteiger partial charge is 0.306 e. The highest BCUT2D eigenvalue weighted by molar-refractivity contribution is 14.1. The Labute approximate surface area is 122 Å².